The van der Waals surface area contributed by atoms with Crippen molar-refractivity contribution in [1.29, 1.82) is 0 Å². The summed E-state index contributed by atoms with van der Waals surface area (Å²) in [6.45, 7) is 2.80. The molecule has 0 bridgehead atoms. The van der Waals surface area contributed by atoms with Crippen molar-refractivity contribution in [2.45, 2.75) is 32.6 Å². The van der Waals surface area contributed by atoms with Gasteiger partial charge in [0.15, 0.2) is 0 Å². The van der Waals surface area contributed by atoms with Gasteiger partial charge in [0.05, 0.1) is 12.0 Å². The molecule has 1 aliphatic rings. The quantitative estimate of drug-likeness (QED) is 0.882. The molecule has 1 fully saturated rings. The van der Waals surface area contributed by atoms with Crippen LogP contribution in [0.5, 0.6) is 0 Å². The second-order valence-electron chi connectivity index (χ2n) is 5.70. The summed E-state index contributed by atoms with van der Waals surface area (Å²) in [5.41, 5.74) is 2.08. The fourth-order valence-electron chi connectivity index (χ4n) is 2.73. The van der Waals surface area contributed by atoms with E-state index in [-0.39, 0.29) is 12.5 Å². The average molecular weight is 261 g/mol. The smallest absolute Gasteiger partial charge is 0.230 e. The Labute approximate surface area is 115 Å². The van der Waals surface area contributed by atoms with Crippen LogP contribution >= 0.6 is 0 Å². The first-order valence-corrected chi connectivity index (χ1v) is 7.00. The maximum atomic E-state index is 12.4. The summed E-state index contributed by atoms with van der Waals surface area (Å²) in [6.07, 6.45) is 3.59. The number of aryl methyl sites for hydroxylation is 1. The number of benzene rings is 1. The van der Waals surface area contributed by atoms with Crippen LogP contribution in [-0.2, 0) is 11.2 Å². The average Bonchev–Trinajstić information content (AvgIpc) is 2.36. The van der Waals surface area contributed by atoms with Crippen LogP contribution in [0.2, 0.25) is 0 Å². The zero-order valence-electron chi connectivity index (χ0n) is 11.9. The van der Waals surface area contributed by atoms with E-state index in [0.29, 0.717) is 6.54 Å². The molecule has 2 rings (SSSR count). The summed E-state index contributed by atoms with van der Waals surface area (Å²) in [6, 6.07) is 8.27. The highest BCUT2D eigenvalue weighted by Crippen LogP contribution is 2.41. The number of aliphatic hydroxyl groups is 1. The fourth-order valence-corrected chi connectivity index (χ4v) is 2.73. The third-order valence-electron chi connectivity index (χ3n) is 4.39. The van der Waals surface area contributed by atoms with Gasteiger partial charge in [0.1, 0.15) is 0 Å². The molecule has 1 saturated carbocycles. The topological polar surface area (TPSA) is 40.5 Å². The van der Waals surface area contributed by atoms with Crippen molar-refractivity contribution in [3.05, 3.63) is 35.4 Å². The minimum atomic E-state index is -0.472. The third-order valence-corrected chi connectivity index (χ3v) is 4.39. The minimum absolute atomic E-state index is 0.0134. The van der Waals surface area contributed by atoms with E-state index >= 15 is 0 Å². The lowest BCUT2D eigenvalue weighted by atomic mass is 9.68. The van der Waals surface area contributed by atoms with Gasteiger partial charge < -0.3 is 10.0 Å². The lowest BCUT2D eigenvalue weighted by Crippen LogP contribution is -2.49. The van der Waals surface area contributed by atoms with Crippen LogP contribution in [0.3, 0.4) is 0 Å². The monoisotopic (exact) mass is 261 g/mol. The van der Waals surface area contributed by atoms with E-state index < -0.39 is 5.41 Å². The second kappa shape index (κ2) is 5.74. The van der Waals surface area contributed by atoms with E-state index in [2.05, 4.69) is 19.1 Å². The van der Waals surface area contributed by atoms with E-state index in [1.165, 1.54) is 11.1 Å². The summed E-state index contributed by atoms with van der Waals surface area (Å²) >= 11 is 0. The normalized spacial score (nSPS) is 16.8. The number of amides is 1. The molecule has 0 saturated heterocycles. The van der Waals surface area contributed by atoms with E-state index in [1.807, 2.05) is 19.2 Å². The maximum absolute atomic E-state index is 12.4. The van der Waals surface area contributed by atoms with Crippen LogP contribution in [0.4, 0.5) is 0 Å². The number of likely N-dealkylation sites (N-methyl/N-ethyl adjacent to an activating group) is 1. The Balaban J connectivity index is 1.93. The van der Waals surface area contributed by atoms with E-state index in [1.54, 1.807) is 4.90 Å². The highest BCUT2D eigenvalue weighted by Gasteiger charge is 2.44. The highest BCUT2D eigenvalue weighted by molar-refractivity contribution is 5.83. The number of nitrogens with zero attached hydrogens (tertiary/aromatic N) is 1. The fraction of sp³-hybridized carbons (Fsp3) is 0.562. The van der Waals surface area contributed by atoms with Gasteiger partial charge in [0, 0.05) is 13.6 Å². The van der Waals surface area contributed by atoms with Gasteiger partial charge in [-0.3, -0.25) is 4.79 Å². The predicted octanol–water partition coefficient (Wildman–Crippen LogP) is 2.16. The molecule has 1 N–H and O–H groups in total. The van der Waals surface area contributed by atoms with Gasteiger partial charge >= 0.3 is 0 Å². The molecule has 0 aliphatic heterocycles. The first kappa shape index (κ1) is 14.1. The number of aliphatic hydroxyl groups excluding tert-OH is 1. The molecule has 1 aliphatic carbocycles. The lowest BCUT2D eigenvalue weighted by Gasteiger charge is -2.41. The van der Waals surface area contributed by atoms with Crippen LogP contribution < -0.4 is 0 Å². The summed E-state index contributed by atoms with van der Waals surface area (Å²) in [4.78, 5) is 14.1. The molecule has 0 spiro atoms. The van der Waals surface area contributed by atoms with Crippen molar-refractivity contribution in [3.8, 4) is 0 Å². The van der Waals surface area contributed by atoms with Gasteiger partial charge in [-0.2, -0.15) is 0 Å². The molecule has 3 heteroatoms. The van der Waals surface area contributed by atoms with Crippen LogP contribution in [0.1, 0.15) is 30.4 Å². The molecule has 104 valence electrons. The molecular formula is C16H23NO2. The van der Waals surface area contributed by atoms with Gasteiger partial charge in [-0.05, 0) is 37.3 Å². The SMILES string of the molecule is Cc1ccccc1CCN(C)C(=O)C1(CO)CCC1. The van der Waals surface area contributed by atoms with E-state index in [9.17, 15) is 9.90 Å². The first-order valence-electron chi connectivity index (χ1n) is 7.00. The first-order chi connectivity index (χ1) is 9.09. The predicted molar refractivity (Wildman–Crippen MR) is 75.9 cm³/mol. The molecule has 0 radical (unpaired) electrons. The zero-order chi connectivity index (χ0) is 13.9. The molecular weight excluding hydrogens is 238 g/mol. The Morgan fingerprint density at radius 1 is 1.37 bits per heavy atom. The van der Waals surface area contributed by atoms with Crippen molar-refractivity contribution in [1.82, 2.24) is 4.90 Å². The van der Waals surface area contributed by atoms with Crippen molar-refractivity contribution < 1.29 is 9.90 Å². The van der Waals surface area contributed by atoms with Crippen molar-refractivity contribution in [2.75, 3.05) is 20.2 Å². The number of rotatable bonds is 5. The Hall–Kier alpha value is -1.35. The standard InChI is InChI=1S/C16H23NO2/c1-13-6-3-4-7-14(13)8-11-17(2)15(19)16(12-18)9-5-10-16/h3-4,6-7,18H,5,8-12H2,1-2H3. The number of carbonyl (C=O) groups excluding carboxylic acids is 1. The minimum Gasteiger partial charge on any atom is -0.395 e. The summed E-state index contributed by atoms with van der Waals surface area (Å²) in [7, 11) is 1.84. The number of hydrogen-bond acceptors (Lipinski definition) is 2. The van der Waals surface area contributed by atoms with Crippen molar-refractivity contribution >= 4 is 5.91 Å². The Bertz CT molecular complexity index is 446. The van der Waals surface area contributed by atoms with E-state index in [4.69, 9.17) is 0 Å². The molecule has 3 nitrogen and oxygen atoms in total. The summed E-state index contributed by atoms with van der Waals surface area (Å²) in [5, 5.41) is 9.44. The molecule has 0 aromatic heterocycles. The zero-order valence-corrected chi connectivity index (χ0v) is 11.9. The van der Waals surface area contributed by atoms with E-state index in [0.717, 1.165) is 25.7 Å². The molecule has 1 aromatic carbocycles. The van der Waals surface area contributed by atoms with Crippen LogP contribution in [0.25, 0.3) is 0 Å². The van der Waals surface area contributed by atoms with Crippen LogP contribution in [-0.4, -0.2) is 36.1 Å². The molecule has 0 unspecified atom stereocenters. The molecule has 0 heterocycles. The van der Waals surface area contributed by atoms with Crippen LogP contribution in [0.15, 0.2) is 24.3 Å². The molecule has 0 atom stereocenters. The van der Waals surface area contributed by atoms with Gasteiger partial charge in [0.2, 0.25) is 5.91 Å². The molecule has 19 heavy (non-hydrogen) atoms. The lowest BCUT2D eigenvalue weighted by molar-refractivity contribution is -0.149. The van der Waals surface area contributed by atoms with Gasteiger partial charge in [0.25, 0.3) is 0 Å². The third kappa shape index (κ3) is 2.81. The van der Waals surface area contributed by atoms with Gasteiger partial charge in [-0.15, -0.1) is 0 Å². The Kier molecular flexibility index (Phi) is 4.25. The maximum Gasteiger partial charge on any atom is 0.230 e. The van der Waals surface area contributed by atoms with Gasteiger partial charge in [-0.1, -0.05) is 30.7 Å². The number of carbonyl (C=O) groups is 1. The van der Waals surface area contributed by atoms with Gasteiger partial charge in [-0.25, -0.2) is 0 Å². The van der Waals surface area contributed by atoms with Crippen LogP contribution in [0, 0.1) is 12.3 Å². The largest absolute Gasteiger partial charge is 0.395 e. The van der Waals surface area contributed by atoms with Crippen molar-refractivity contribution in [2.24, 2.45) is 5.41 Å². The highest BCUT2D eigenvalue weighted by atomic mass is 16.3. The molecule has 1 amide bonds. The Morgan fingerprint density at radius 2 is 2.05 bits per heavy atom. The molecule has 1 aromatic rings. The Morgan fingerprint density at radius 3 is 2.58 bits per heavy atom. The summed E-state index contributed by atoms with van der Waals surface area (Å²) < 4.78 is 0. The summed E-state index contributed by atoms with van der Waals surface area (Å²) in [5.74, 6) is 0.106. The second-order valence-corrected chi connectivity index (χ2v) is 5.70. The van der Waals surface area contributed by atoms with Crippen molar-refractivity contribution in [3.63, 3.8) is 0 Å². The number of hydrogen-bond donors (Lipinski definition) is 1.